The smallest absolute Gasteiger partial charge is 0.265 e. The molecule has 2 aromatic carbocycles. The summed E-state index contributed by atoms with van der Waals surface area (Å²) >= 11 is 6.66. The Labute approximate surface area is 162 Å². The van der Waals surface area contributed by atoms with Gasteiger partial charge in [0, 0.05) is 20.1 Å². The fourth-order valence-corrected chi connectivity index (χ4v) is 3.70. The molecule has 0 aromatic heterocycles. The van der Waals surface area contributed by atoms with E-state index in [9.17, 15) is 14.7 Å². The van der Waals surface area contributed by atoms with E-state index in [1.165, 1.54) is 4.90 Å². The van der Waals surface area contributed by atoms with E-state index in [1.54, 1.807) is 42.5 Å². The molecule has 0 radical (unpaired) electrons. The average molecular weight is 463 g/mol. The SMILES string of the molecule is C#CCN1C(=O)C(O)(CC(=O)c2cccc(Br)c2)c2cc(Br)ccc21. The van der Waals surface area contributed by atoms with E-state index >= 15 is 0 Å². The molecule has 1 heterocycles. The molecule has 1 amide bonds. The number of terminal acetylenes is 1. The zero-order chi connectivity index (χ0) is 18.2. The minimum absolute atomic E-state index is 0.0286. The van der Waals surface area contributed by atoms with Crippen molar-refractivity contribution in [3.05, 3.63) is 62.5 Å². The highest BCUT2D eigenvalue weighted by atomic mass is 79.9. The van der Waals surface area contributed by atoms with Crippen LogP contribution in [0.1, 0.15) is 22.3 Å². The highest BCUT2D eigenvalue weighted by Gasteiger charge is 2.50. The Morgan fingerprint density at radius 2 is 1.92 bits per heavy atom. The predicted molar refractivity (Wildman–Crippen MR) is 102 cm³/mol. The van der Waals surface area contributed by atoms with Gasteiger partial charge in [0.2, 0.25) is 0 Å². The van der Waals surface area contributed by atoms with Crippen LogP contribution < -0.4 is 4.90 Å². The van der Waals surface area contributed by atoms with Gasteiger partial charge >= 0.3 is 0 Å². The minimum Gasteiger partial charge on any atom is -0.375 e. The summed E-state index contributed by atoms with van der Waals surface area (Å²) in [6.07, 6.45) is 4.99. The van der Waals surface area contributed by atoms with Gasteiger partial charge in [-0.15, -0.1) is 6.42 Å². The van der Waals surface area contributed by atoms with Gasteiger partial charge in [-0.1, -0.05) is 49.9 Å². The van der Waals surface area contributed by atoms with Crippen LogP contribution in [0.5, 0.6) is 0 Å². The number of hydrogen-bond donors (Lipinski definition) is 1. The van der Waals surface area contributed by atoms with Crippen molar-refractivity contribution in [1.82, 2.24) is 0 Å². The van der Waals surface area contributed by atoms with E-state index in [4.69, 9.17) is 6.42 Å². The van der Waals surface area contributed by atoms with E-state index in [1.807, 2.05) is 0 Å². The summed E-state index contributed by atoms with van der Waals surface area (Å²) in [5.41, 5.74) is -0.612. The zero-order valence-electron chi connectivity index (χ0n) is 13.0. The Hall–Kier alpha value is -1.94. The second kappa shape index (κ2) is 6.75. The lowest BCUT2D eigenvalue weighted by molar-refractivity contribution is -0.135. The van der Waals surface area contributed by atoms with Crippen LogP contribution in [0, 0.1) is 12.3 Å². The van der Waals surface area contributed by atoms with Crippen LogP contribution in [-0.4, -0.2) is 23.3 Å². The second-order valence-electron chi connectivity index (χ2n) is 5.73. The summed E-state index contributed by atoms with van der Waals surface area (Å²) in [5, 5.41) is 11.1. The lowest BCUT2D eigenvalue weighted by Crippen LogP contribution is -2.42. The Bertz CT molecular complexity index is 919. The van der Waals surface area contributed by atoms with Crippen LogP contribution in [-0.2, 0) is 10.4 Å². The first-order valence-corrected chi connectivity index (χ1v) is 9.02. The van der Waals surface area contributed by atoms with Gasteiger partial charge in [-0.3, -0.25) is 14.5 Å². The van der Waals surface area contributed by atoms with Crippen LogP contribution >= 0.6 is 31.9 Å². The zero-order valence-corrected chi connectivity index (χ0v) is 16.2. The number of benzene rings is 2. The maximum absolute atomic E-state index is 12.8. The summed E-state index contributed by atoms with van der Waals surface area (Å²) in [5.74, 6) is 1.51. The number of rotatable bonds is 4. The highest BCUT2D eigenvalue weighted by Crippen LogP contribution is 2.44. The molecule has 3 rings (SSSR count). The van der Waals surface area contributed by atoms with E-state index in [0.29, 0.717) is 21.3 Å². The summed E-state index contributed by atoms with van der Waals surface area (Å²) in [6, 6.07) is 12.0. The van der Waals surface area contributed by atoms with E-state index in [0.717, 1.165) is 4.47 Å². The van der Waals surface area contributed by atoms with Crippen molar-refractivity contribution in [1.29, 1.82) is 0 Å². The second-order valence-corrected chi connectivity index (χ2v) is 7.56. The molecule has 1 aliphatic heterocycles. The fourth-order valence-electron chi connectivity index (χ4n) is 2.94. The lowest BCUT2D eigenvalue weighted by atomic mass is 9.88. The number of halogens is 2. The summed E-state index contributed by atoms with van der Waals surface area (Å²) < 4.78 is 1.45. The van der Waals surface area contributed by atoms with Gasteiger partial charge in [-0.25, -0.2) is 0 Å². The van der Waals surface area contributed by atoms with Crippen molar-refractivity contribution in [2.45, 2.75) is 12.0 Å². The molecule has 0 saturated heterocycles. The van der Waals surface area contributed by atoms with Crippen molar-refractivity contribution < 1.29 is 14.7 Å². The molecular formula is C19H13Br2NO3. The predicted octanol–water partition coefficient (Wildman–Crippen LogP) is 3.65. The number of carbonyl (C=O) groups is 2. The van der Waals surface area contributed by atoms with Gasteiger partial charge in [0.15, 0.2) is 11.4 Å². The lowest BCUT2D eigenvalue weighted by Gasteiger charge is -2.22. The van der Waals surface area contributed by atoms with Gasteiger partial charge in [0.1, 0.15) is 0 Å². The molecular weight excluding hydrogens is 450 g/mol. The molecule has 126 valence electrons. The first kappa shape index (κ1) is 17.9. The molecule has 0 bridgehead atoms. The molecule has 1 atom stereocenters. The maximum atomic E-state index is 12.8. The normalized spacial score (nSPS) is 18.8. The monoisotopic (exact) mass is 461 g/mol. The average Bonchev–Trinajstić information content (AvgIpc) is 2.77. The van der Waals surface area contributed by atoms with Gasteiger partial charge < -0.3 is 5.11 Å². The van der Waals surface area contributed by atoms with Crippen LogP contribution in [0.3, 0.4) is 0 Å². The summed E-state index contributed by atoms with van der Waals surface area (Å²) in [6.45, 7) is 0.0286. The largest absolute Gasteiger partial charge is 0.375 e. The number of fused-ring (bicyclic) bond motifs is 1. The third-order valence-electron chi connectivity index (χ3n) is 4.11. The Balaban J connectivity index is 2.03. The van der Waals surface area contributed by atoms with Gasteiger partial charge in [-0.2, -0.15) is 0 Å². The van der Waals surface area contributed by atoms with Gasteiger partial charge in [-0.05, 0) is 30.3 Å². The van der Waals surface area contributed by atoms with Crippen LogP contribution in [0.2, 0.25) is 0 Å². The van der Waals surface area contributed by atoms with Crippen molar-refractivity contribution in [2.24, 2.45) is 0 Å². The first-order chi connectivity index (χ1) is 11.9. The number of carbonyl (C=O) groups excluding carboxylic acids is 2. The molecule has 1 aliphatic rings. The topological polar surface area (TPSA) is 57.6 Å². The van der Waals surface area contributed by atoms with Crippen LogP contribution in [0.15, 0.2) is 51.4 Å². The van der Waals surface area contributed by atoms with Gasteiger partial charge in [0.25, 0.3) is 5.91 Å². The number of amides is 1. The quantitative estimate of drug-likeness (QED) is 0.557. The van der Waals surface area contributed by atoms with E-state index in [2.05, 4.69) is 37.8 Å². The number of Topliss-reactive ketones (excluding diaryl/α,β-unsaturated/α-hetero) is 1. The van der Waals surface area contributed by atoms with E-state index < -0.39 is 11.5 Å². The number of nitrogens with zero attached hydrogens (tertiary/aromatic N) is 1. The molecule has 6 heteroatoms. The standard InChI is InChI=1S/C19H13Br2NO3/c1-2-8-22-16-7-6-14(21)10-15(16)19(25,18(22)24)11-17(23)12-4-3-5-13(20)9-12/h1,3-7,9-10,25H,8,11H2. The molecule has 2 aromatic rings. The van der Waals surface area contributed by atoms with E-state index in [-0.39, 0.29) is 18.7 Å². The number of ketones is 1. The molecule has 1 N–H and O–H groups in total. The third-order valence-corrected chi connectivity index (χ3v) is 5.09. The maximum Gasteiger partial charge on any atom is 0.265 e. The van der Waals surface area contributed by atoms with Crippen molar-refractivity contribution in [3.8, 4) is 12.3 Å². The molecule has 0 aliphatic carbocycles. The first-order valence-electron chi connectivity index (χ1n) is 7.43. The Morgan fingerprint density at radius 1 is 1.20 bits per heavy atom. The molecule has 0 saturated carbocycles. The van der Waals surface area contributed by atoms with Gasteiger partial charge in [0.05, 0.1) is 18.7 Å². The Kier molecular flexibility index (Phi) is 4.83. The minimum atomic E-state index is -1.94. The number of aliphatic hydroxyl groups is 1. The highest BCUT2D eigenvalue weighted by molar-refractivity contribution is 9.10. The molecule has 25 heavy (non-hydrogen) atoms. The van der Waals surface area contributed by atoms with Crippen LogP contribution in [0.25, 0.3) is 0 Å². The fraction of sp³-hybridized carbons (Fsp3) is 0.158. The molecule has 0 spiro atoms. The third kappa shape index (κ3) is 3.15. The molecule has 0 fully saturated rings. The summed E-state index contributed by atoms with van der Waals surface area (Å²) in [7, 11) is 0. The number of hydrogen-bond acceptors (Lipinski definition) is 3. The Morgan fingerprint density at radius 3 is 2.60 bits per heavy atom. The van der Waals surface area contributed by atoms with Crippen molar-refractivity contribution >= 4 is 49.2 Å². The number of anilines is 1. The van der Waals surface area contributed by atoms with Crippen molar-refractivity contribution in [2.75, 3.05) is 11.4 Å². The molecule has 1 unspecified atom stereocenters. The van der Waals surface area contributed by atoms with Crippen LogP contribution in [0.4, 0.5) is 5.69 Å². The van der Waals surface area contributed by atoms with Crippen molar-refractivity contribution in [3.63, 3.8) is 0 Å². The molecule has 4 nitrogen and oxygen atoms in total. The summed E-state index contributed by atoms with van der Waals surface area (Å²) in [4.78, 5) is 26.8.